The summed E-state index contributed by atoms with van der Waals surface area (Å²) < 4.78 is 39.0. The first-order valence-corrected chi connectivity index (χ1v) is 9.07. The van der Waals surface area contributed by atoms with E-state index in [9.17, 15) is 23.5 Å². The lowest BCUT2D eigenvalue weighted by Gasteiger charge is -2.08. The van der Waals surface area contributed by atoms with Crippen molar-refractivity contribution >= 4 is 28.4 Å². The Morgan fingerprint density at radius 1 is 1.20 bits per heavy atom. The molecule has 30 heavy (non-hydrogen) atoms. The molecule has 156 valence electrons. The number of methoxy groups -OCH3 is 1. The van der Waals surface area contributed by atoms with Crippen molar-refractivity contribution in [3.05, 3.63) is 71.4 Å². The molecule has 1 aromatic heterocycles. The summed E-state index contributed by atoms with van der Waals surface area (Å²) in [6.07, 6.45) is 2.27. The summed E-state index contributed by atoms with van der Waals surface area (Å²) in [4.78, 5) is 23.5. The molecule has 0 fully saturated rings. The Hall–Kier alpha value is -3.68. The normalized spacial score (nSPS) is 11.5. The number of ether oxygens (including phenoxy) is 2. The number of fused-ring (bicyclic) bond motifs is 1. The van der Waals surface area contributed by atoms with E-state index >= 15 is 0 Å². The predicted octanol–water partition coefficient (Wildman–Crippen LogP) is 4.01. The van der Waals surface area contributed by atoms with Crippen LogP contribution in [0.15, 0.2) is 48.7 Å². The molecular weight excluding hydrogens is 396 g/mol. The van der Waals surface area contributed by atoms with Gasteiger partial charge in [-0.3, -0.25) is 4.79 Å². The number of aromatic nitrogens is 1. The molecule has 1 N–H and O–H groups in total. The maximum Gasteiger partial charge on any atom is 0.379 e. The van der Waals surface area contributed by atoms with Crippen LogP contribution in [0.2, 0.25) is 0 Å². The minimum Gasteiger partial charge on any atom is -0.507 e. The first-order valence-electron chi connectivity index (χ1n) is 9.07. The highest BCUT2D eigenvalue weighted by Gasteiger charge is 2.20. The third-order valence-electron chi connectivity index (χ3n) is 4.46. The van der Waals surface area contributed by atoms with Gasteiger partial charge in [-0.25, -0.2) is 13.6 Å². The Morgan fingerprint density at radius 3 is 2.63 bits per heavy atom. The van der Waals surface area contributed by atoms with Crippen LogP contribution in [-0.4, -0.2) is 35.1 Å². The van der Waals surface area contributed by atoms with E-state index in [-0.39, 0.29) is 24.3 Å². The number of nitrogens with zero attached hydrogens (tertiary/aromatic N) is 1. The smallest absolute Gasteiger partial charge is 0.379 e. The number of aliphatic hydroxyl groups excluding tert-OH is 1. The molecule has 1 heterocycles. The van der Waals surface area contributed by atoms with Crippen molar-refractivity contribution in [2.75, 3.05) is 13.7 Å². The van der Waals surface area contributed by atoms with Gasteiger partial charge in [-0.05, 0) is 25.1 Å². The molecule has 0 aliphatic carbocycles. The summed E-state index contributed by atoms with van der Waals surface area (Å²) in [5.74, 6) is -3.57. The zero-order valence-corrected chi connectivity index (χ0v) is 16.3. The highest BCUT2D eigenvalue weighted by molar-refractivity contribution is 6.39. The molecule has 0 aliphatic heterocycles. The van der Waals surface area contributed by atoms with Crippen LogP contribution in [-0.2, 0) is 20.9 Å². The highest BCUT2D eigenvalue weighted by Crippen LogP contribution is 2.34. The molecule has 6 nitrogen and oxygen atoms in total. The monoisotopic (exact) mass is 415 g/mol. The number of hydrogen-bond acceptors (Lipinski definition) is 5. The third kappa shape index (κ3) is 4.17. The molecule has 0 aliphatic rings. The first kappa shape index (κ1) is 21.0. The third-order valence-corrected chi connectivity index (χ3v) is 4.46. The summed E-state index contributed by atoms with van der Waals surface area (Å²) in [7, 11) is 1.44. The summed E-state index contributed by atoms with van der Waals surface area (Å²) in [6.45, 7) is 1.62. The van der Waals surface area contributed by atoms with E-state index in [2.05, 4.69) is 4.74 Å². The van der Waals surface area contributed by atoms with Gasteiger partial charge in [0.15, 0.2) is 0 Å². The van der Waals surface area contributed by atoms with Crippen LogP contribution >= 0.6 is 0 Å². The van der Waals surface area contributed by atoms with E-state index < -0.39 is 29.1 Å². The van der Waals surface area contributed by atoms with Gasteiger partial charge in [-0.1, -0.05) is 12.1 Å². The fourth-order valence-electron chi connectivity index (χ4n) is 3.11. The van der Waals surface area contributed by atoms with E-state index in [4.69, 9.17) is 4.74 Å². The molecule has 0 unspecified atom stereocenters. The molecule has 2 aromatic carbocycles. The van der Waals surface area contributed by atoms with Gasteiger partial charge in [0.25, 0.3) is 5.78 Å². The van der Waals surface area contributed by atoms with E-state index in [1.54, 1.807) is 29.7 Å². The van der Waals surface area contributed by atoms with Gasteiger partial charge < -0.3 is 19.1 Å². The summed E-state index contributed by atoms with van der Waals surface area (Å²) in [6, 6.07) is 8.38. The van der Waals surface area contributed by atoms with Crippen molar-refractivity contribution in [3.8, 4) is 5.75 Å². The molecule has 0 amide bonds. The molecule has 0 atom stereocenters. The second-order valence-electron chi connectivity index (χ2n) is 6.38. The van der Waals surface area contributed by atoms with Crippen molar-refractivity contribution < 1.29 is 33.0 Å². The number of benzene rings is 2. The topological polar surface area (TPSA) is 77.8 Å². The Balaban J connectivity index is 2.10. The second kappa shape index (κ2) is 8.77. The molecule has 3 rings (SSSR count). The summed E-state index contributed by atoms with van der Waals surface area (Å²) in [5.41, 5.74) is 1.02. The Bertz CT molecular complexity index is 1150. The lowest BCUT2D eigenvalue weighted by Crippen LogP contribution is -2.15. The molecule has 0 spiro atoms. The van der Waals surface area contributed by atoms with Gasteiger partial charge in [0, 0.05) is 29.5 Å². The predicted molar refractivity (Wildman–Crippen MR) is 106 cm³/mol. The number of esters is 1. The van der Waals surface area contributed by atoms with Crippen LogP contribution in [0, 0.1) is 11.6 Å². The molecule has 0 saturated heterocycles. The van der Waals surface area contributed by atoms with Gasteiger partial charge in [-0.2, -0.15) is 0 Å². The summed E-state index contributed by atoms with van der Waals surface area (Å²) in [5, 5.41) is 11.0. The SMILES string of the molecule is CCOC(=O)C(=O)/C=C(\O)c1cn(Cc2ccc(F)cc2F)c2cccc(OC)c12. The van der Waals surface area contributed by atoms with Crippen molar-refractivity contribution in [1.82, 2.24) is 4.57 Å². The maximum atomic E-state index is 14.1. The van der Waals surface area contributed by atoms with Crippen LogP contribution < -0.4 is 4.74 Å². The molecule has 0 saturated carbocycles. The van der Waals surface area contributed by atoms with Gasteiger partial charge in [0.05, 0.1) is 31.2 Å². The number of carbonyl (C=O) groups excluding carboxylic acids is 2. The van der Waals surface area contributed by atoms with Crippen molar-refractivity contribution in [2.24, 2.45) is 0 Å². The van der Waals surface area contributed by atoms with E-state index in [1.165, 1.54) is 19.4 Å². The van der Waals surface area contributed by atoms with Crippen LogP contribution in [0.1, 0.15) is 18.1 Å². The molecule has 0 radical (unpaired) electrons. The minimum absolute atomic E-state index is 0.0234. The lowest BCUT2D eigenvalue weighted by molar-refractivity contribution is -0.151. The molecule has 3 aromatic rings. The number of rotatable bonds is 7. The molecule has 8 heteroatoms. The fraction of sp³-hybridized carbons (Fsp3) is 0.182. The maximum absolute atomic E-state index is 14.1. The number of ketones is 1. The Morgan fingerprint density at radius 2 is 1.97 bits per heavy atom. The molecule has 0 bridgehead atoms. The average Bonchev–Trinajstić information content (AvgIpc) is 3.09. The van der Waals surface area contributed by atoms with E-state index in [1.807, 2.05) is 0 Å². The van der Waals surface area contributed by atoms with Crippen molar-refractivity contribution in [3.63, 3.8) is 0 Å². The zero-order chi connectivity index (χ0) is 21.8. The number of halogens is 2. The van der Waals surface area contributed by atoms with Crippen molar-refractivity contribution in [2.45, 2.75) is 13.5 Å². The Labute approximate surface area is 170 Å². The number of carbonyl (C=O) groups is 2. The van der Waals surface area contributed by atoms with Crippen LogP contribution in [0.3, 0.4) is 0 Å². The van der Waals surface area contributed by atoms with E-state index in [0.29, 0.717) is 16.7 Å². The Kier molecular flexibility index (Phi) is 6.15. The largest absolute Gasteiger partial charge is 0.507 e. The van der Waals surface area contributed by atoms with Gasteiger partial charge in [0.1, 0.15) is 23.1 Å². The van der Waals surface area contributed by atoms with Crippen LogP contribution in [0.4, 0.5) is 8.78 Å². The lowest BCUT2D eigenvalue weighted by atomic mass is 10.1. The van der Waals surface area contributed by atoms with Gasteiger partial charge in [0.2, 0.25) is 0 Å². The van der Waals surface area contributed by atoms with Gasteiger partial charge in [-0.15, -0.1) is 0 Å². The van der Waals surface area contributed by atoms with Crippen LogP contribution in [0.5, 0.6) is 5.75 Å². The minimum atomic E-state index is -1.09. The quantitative estimate of drug-likeness (QED) is 0.273. The van der Waals surface area contributed by atoms with Crippen LogP contribution in [0.25, 0.3) is 16.7 Å². The number of aliphatic hydroxyl groups is 1. The first-order chi connectivity index (χ1) is 14.3. The van der Waals surface area contributed by atoms with E-state index in [0.717, 1.165) is 18.2 Å². The fourth-order valence-corrected chi connectivity index (χ4v) is 3.11. The number of hydrogen-bond donors (Lipinski definition) is 1. The highest BCUT2D eigenvalue weighted by atomic mass is 19.1. The zero-order valence-electron chi connectivity index (χ0n) is 16.3. The average molecular weight is 415 g/mol. The standard InChI is InChI=1S/C22H19F2NO5/c1-3-30-22(28)19(27)10-18(26)15-12-25(11-13-7-8-14(23)9-16(13)24)17-5-4-6-20(29-2)21(15)17/h4-10,12,26H,3,11H2,1-2H3/b18-10-. The second-order valence-corrected chi connectivity index (χ2v) is 6.38. The van der Waals surface area contributed by atoms with Crippen molar-refractivity contribution in [1.29, 1.82) is 0 Å². The van der Waals surface area contributed by atoms with Gasteiger partial charge >= 0.3 is 5.97 Å². The summed E-state index contributed by atoms with van der Waals surface area (Å²) >= 11 is 0. The molecular formula is C22H19F2NO5.